The van der Waals surface area contributed by atoms with Crippen molar-refractivity contribution in [3.8, 4) is 34.4 Å². The van der Waals surface area contributed by atoms with Crippen molar-refractivity contribution >= 4 is 5.97 Å². The number of hydrogen-bond acceptors (Lipinski definition) is 5. The monoisotopic (exact) mass is 583 g/mol. The van der Waals surface area contributed by atoms with E-state index >= 15 is 0 Å². The van der Waals surface area contributed by atoms with Gasteiger partial charge in [-0.1, -0.05) is 102 Å². The minimum absolute atomic E-state index is 0.0133. The average molecular weight is 584 g/mol. The second kappa shape index (κ2) is 19.4. The normalized spacial score (nSPS) is 11.5. The van der Waals surface area contributed by atoms with E-state index < -0.39 is 5.97 Å². The predicted octanol–water partition coefficient (Wildman–Crippen LogP) is 10.7. The number of rotatable bonds is 20. The number of nitrogens with zero attached hydrogens (tertiary/aromatic N) is 1. The molecule has 43 heavy (non-hydrogen) atoms. The van der Waals surface area contributed by atoms with Crippen LogP contribution >= 0.6 is 0 Å². The van der Waals surface area contributed by atoms with E-state index in [1.807, 2.05) is 43.3 Å². The van der Waals surface area contributed by atoms with E-state index in [2.05, 4.69) is 19.9 Å². The Bertz CT molecular complexity index is 1260. The molecule has 0 aliphatic carbocycles. The summed E-state index contributed by atoms with van der Waals surface area (Å²) in [6.07, 6.45) is 15.9. The molecule has 0 bridgehead atoms. The molecule has 0 fully saturated rings. The second-order valence-electron chi connectivity index (χ2n) is 11.4. The minimum Gasteiger partial charge on any atom is -0.494 e. The zero-order valence-corrected chi connectivity index (χ0v) is 26.4. The van der Waals surface area contributed by atoms with Gasteiger partial charge >= 0.3 is 5.97 Å². The Labute approximate surface area is 259 Å². The molecule has 5 heteroatoms. The maximum absolute atomic E-state index is 12.8. The highest BCUT2D eigenvalue weighted by molar-refractivity contribution is 5.91. The highest BCUT2D eigenvalue weighted by Crippen LogP contribution is 2.27. The van der Waals surface area contributed by atoms with Gasteiger partial charge in [-0.25, -0.2) is 4.79 Å². The Morgan fingerprint density at radius 1 is 0.721 bits per heavy atom. The minimum atomic E-state index is -0.474. The fourth-order valence-corrected chi connectivity index (χ4v) is 5.03. The van der Waals surface area contributed by atoms with Crippen LogP contribution in [0.1, 0.15) is 120 Å². The summed E-state index contributed by atoms with van der Waals surface area (Å²) in [4.78, 5) is 12.8. The third kappa shape index (κ3) is 12.2. The van der Waals surface area contributed by atoms with E-state index in [1.54, 1.807) is 30.3 Å². The third-order valence-corrected chi connectivity index (χ3v) is 7.65. The van der Waals surface area contributed by atoms with Crippen LogP contribution in [0.5, 0.6) is 17.2 Å². The van der Waals surface area contributed by atoms with Crippen molar-refractivity contribution in [1.29, 1.82) is 5.26 Å². The molecule has 0 aliphatic heterocycles. The molecule has 0 heterocycles. The molecular formula is C38H49NO4. The van der Waals surface area contributed by atoms with Gasteiger partial charge < -0.3 is 14.2 Å². The maximum atomic E-state index is 12.8. The van der Waals surface area contributed by atoms with Crippen molar-refractivity contribution in [3.05, 3.63) is 77.9 Å². The molecule has 3 aromatic carbocycles. The fourth-order valence-electron chi connectivity index (χ4n) is 5.03. The van der Waals surface area contributed by atoms with Gasteiger partial charge in [0.05, 0.1) is 23.8 Å². The lowest BCUT2D eigenvalue weighted by Gasteiger charge is -2.16. The molecule has 0 saturated heterocycles. The Kier molecular flexibility index (Phi) is 15.2. The first-order valence-corrected chi connectivity index (χ1v) is 16.3. The first kappa shape index (κ1) is 33.7. The van der Waals surface area contributed by atoms with Crippen molar-refractivity contribution in [2.45, 2.75) is 110 Å². The molecule has 0 spiro atoms. The number of unbranched alkanes of at least 4 members (excludes halogenated alkanes) is 10. The summed E-state index contributed by atoms with van der Waals surface area (Å²) >= 11 is 0. The number of hydrogen-bond donors (Lipinski definition) is 0. The van der Waals surface area contributed by atoms with Gasteiger partial charge in [0.2, 0.25) is 0 Å². The number of esters is 1. The first-order chi connectivity index (χ1) is 21.0. The van der Waals surface area contributed by atoms with Crippen molar-refractivity contribution in [3.63, 3.8) is 0 Å². The molecule has 3 rings (SSSR count). The molecule has 0 saturated carbocycles. The van der Waals surface area contributed by atoms with Crippen LogP contribution in [0, 0.1) is 11.3 Å². The SMILES string of the molecule is CCCCCCCCCCOc1ccc(-c2ccc(C(=O)Oc3ccc(O[C@H](C)CCCCCC)c(C#N)c3)cc2)cc1. The molecule has 0 radical (unpaired) electrons. The van der Waals surface area contributed by atoms with Crippen LogP contribution < -0.4 is 14.2 Å². The number of benzene rings is 3. The highest BCUT2D eigenvalue weighted by Gasteiger charge is 2.14. The lowest BCUT2D eigenvalue weighted by Crippen LogP contribution is -2.13. The lowest BCUT2D eigenvalue weighted by atomic mass is 10.0. The summed E-state index contributed by atoms with van der Waals surface area (Å²) in [7, 11) is 0. The molecular weight excluding hydrogens is 534 g/mol. The van der Waals surface area contributed by atoms with E-state index in [4.69, 9.17) is 14.2 Å². The van der Waals surface area contributed by atoms with Crippen LogP contribution in [0.25, 0.3) is 11.1 Å². The van der Waals surface area contributed by atoms with Crippen LogP contribution in [0.3, 0.4) is 0 Å². The molecule has 5 nitrogen and oxygen atoms in total. The van der Waals surface area contributed by atoms with Gasteiger partial charge in [0.1, 0.15) is 23.3 Å². The zero-order chi connectivity index (χ0) is 30.7. The molecule has 230 valence electrons. The largest absolute Gasteiger partial charge is 0.494 e. The van der Waals surface area contributed by atoms with E-state index in [9.17, 15) is 10.1 Å². The molecule has 0 N–H and O–H groups in total. The van der Waals surface area contributed by atoms with Crippen LogP contribution in [0.2, 0.25) is 0 Å². The topological polar surface area (TPSA) is 68.6 Å². The van der Waals surface area contributed by atoms with Crippen LogP contribution in [0.15, 0.2) is 66.7 Å². The second-order valence-corrected chi connectivity index (χ2v) is 11.4. The predicted molar refractivity (Wildman–Crippen MR) is 175 cm³/mol. The van der Waals surface area contributed by atoms with Crippen molar-refractivity contribution in [2.24, 2.45) is 0 Å². The third-order valence-electron chi connectivity index (χ3n) is 7.65. The van der Waals surface area contributed by atoms with Crippen molar-refractivity contribution in [1.82, 2.24) is 0 Å². The molecule has 0 amide bonds. The molecule has 0 aliphatic rings. The van der Waals surface area contributed by atoms with E-state index in [-0.39, 0.29) is 6.10 Å². The molecule has 1 atom stereocenters. The average Bonchev–Trinajstić information content (AvgIpc) is 3.03. The van der Waals surface area contributed by atoms with Gasteiger partial charge in [0.25, 0.3) is 0 Å². The van der Waals surface area contributed by atoms with Crippen molar-refractivity contribution in [2.75, 3.05) is 6.61 Å². The Balaban J connectivity index is 1.46. The molecule has 0 unspecified atom stereocenters. The maximum Gasteiger partial charge on any atom is 0.343 e. The first-order valence-electron chi connectivity index (χ1n) is 16.3. The van der Waals surface area contributed by atoms with E-state index in [1.165, 1.54) is 64.2 Å². The van der Waals surface area contributed by atoms with Gasteiger partial charge in [-0.3, -0.25) is 0 Å². The van der Waals surface area contributed by atoms with Crippen LogP contribution in [-0.4, -0.2) is 18.7 Å². The summed E-state index contributed by atoms with van der Waals surface area (Å²) in [6, 6.07) is 22.5. The summed E-state index contributed by atoms with van der Waals surface area (Å²) in [6.45, 7) is 7.21. The van der Waals surface area contributed by atoms with Gasteiger partial charge in [-0.05, 0) is 73.7 Å². The number of nitriles is 1. The Hall–Kier alpha value is -3.78. The van der Waals surface area contributed by atoms with Gasteiger partial charge in [0, 0.05) is 6.07 Å². The lowest BCUT2D eigenvalue weighted by molar-refractivity contribution is 0.0734. The van der Waals surface area contributed by atoms with Crippen LogP contribution in [-0.2, 0) is 0 Å². The summed E-state index contributed by atoms with van der Waals surface area (Å²) in [5, 5.41) is 9.63. The van der Waals surface area contributed by atoms with Crippen molar-refractivity contribution < 1.29 is 19.0 Å². The van der Waals surface area contributed by atoms with Gasteiger partial charge in [-0.15, -0.1) is 0 Å². The molecule has 0 aromatic heterocycles. The summed E-state index contributed by atoms with van der Waals surface area (Å²) in [5.74, 6) is 1.23. The summed E-state index contributed by atoms with van der Waals surface area (Å²) in [5.41, 5.74) is 2.84. The zero-order valence-electron chi connectivity index (χ0n) is 26.4. The fraction of sp³-hybridized carbons (Fsp3) is 0.474. The number of carbonyl (C=O) groups excluding carboxylic acids is 1. The van der Waals surface area contributed by atoms with Gasteiger partial charge in [0.15, 0.2) is 0 Å². The highest BCUT2D eigenvalue weighted by atomic mass is 16.5. The smallest absolute Gasteiger partial charge is 0.343 e. The standard InChI is InChI=1S/C38H49NO4/c1-4-6-8-10-11-12-13-15-27-41-35-23-21-32(22-24-35)31-17-19-33(20-18-31)38(40)43-36-25-26-37(34(28-36)29-39)42-30(3)16-14-9-7-5-2/h17-26,28,30H,4-16,27H2,1-3H3/t30-/m1/s1. The quantitative estimate of drug-likeness (QED) is 0.0752. The number of ether oxygens (including phenoxy) is 3. The Morgan fingerprint density at radius 3 is 1.91 bits per heavy atom. The molecule has 3 aromatic rings. The van der Waals surface area contributed by atoms with E-state index in [0.717, 1.165) is 42.7 Å². The van der Waals surface area contributed by atoms with E-state index in [0.29, 0.717) is 22.6 Å². The Morgan fingerprint density at radius 2 is 1.28 bits per heavy atom. The van der Waals surface area contributed by atoms with Gasteiger partial charge in [-0.2, -0.15) is 5.26 Å². The number of carbonyl (C=O) groups is 1. The summed E-state index contributed by atoms with van der Waals surface area (Å²) < 4.78 is 17.5. The van der Waals surface area contributed by atoms with Crippen LogP contribution in [0.4, 0.5) is 0 Å².